The Morgan fingerprint density at radius 1 is 1.22 bits per heavy atom. The highest BCUT2D eigenvalue weighted by Gasteiger charge is 2.28. The number of nitrogens with zero attached hydrogens (tertiary/aromatic N) is 2. The zero-order valence-electron chi connectivity index (χ0n) is 13.5. The van der Waals surface area contributed by atoms with Crippen molar-refractivity contribution < 1.29 is 35.9 Å². The molecule has 1 amide bonds. The van der Waals surface area contributed by atoms with Crippen molar-refractivity contribution >= 4 is 23.2 Å². The zero-order valence-corrected chi connectivity index (χ0v) is 14.3. The number of aromatic nitrogens is 2. The topological polar surface area (TPSA) is 56.1 Å². The number of benzene rings is 1. The first-order valence-electron chi connectivity index (χ1n) is 7.27. The average molecular weight is 416 g/mol. The van der Waals surface area contributed by atoms with Gasteiger partial charge in [-0.05, 0) is 30.7 Å². The van der Waals surface area contributed by atoms with Crippen LogP contribution in [0.15, 0.2) is 18.2 Å². The number of carbonyl (C=O) groups excluding carboxylic acids is 1. The SMILES string of the molecule is Cc1cc(OC(F)F)ccc1NC(=O)Cn1nc(C(F)F)c(Cl)c1C(F)F. The van der Waals surface area contributed by atoms with Crippen LogP contribution >= 0.6 is 11.6 Å². The lowest BCUT2D eigenvalue weighted by Crippen LogP contribution is -2.21. The third-order valence-electron chi connectivity index (χ3n) is 3.36. The Bertz CT molecular complexity index is 828. The minimum Gasteiger partial charge on any atom is -0.435 e. The smallest absolute Gasteiger partial charge is 0.387 e. The molecule has 0 atom stereocenters. The summed E-state index contributed by atoms with van der Waals surface area (Å²) in [5.41, 5.74) is -1.51. The van der Waals surface area contributed by atoms with Gasteiger partial charge in [-0.3, -0.25) is 9.48 Å². The second-order valence-corrected chi connectivity index (χ2v) is 5.62. The molecule has 0 aliphatic heterocycles. The van der Waals surface area contributed by atoms with E-state index in [1.165, 1.54) is 25.1 Å². The molecule has 0 aliphatic carbocycles. The summed E-state index contributed by atoms with van der Waals surface area (Å²) in [5, 5.41) is 4.71. The summed E-state index contributed by atoms with van der Waals surface area (Å²) in [5.74, 6) is -0.997. The van der Waals surface area contributed by atoms with Crippen LogP contribution in [0.3, 0.4) is 0 Å². The summed E-state index contributed by atoms with van der Waals surface area (Å²) in [7, 11) is 0. The monoisotopic (exact) mass is 415 g/mol. The van der Waals surface area contributed by atoms with E-state index >= 15 is 0 Å². The quantitative estimate of drug-likeness (QED) is 0.650. The number of alkyl halides is 6. The van der Waals surface area contributed by atoms with Crippen molar-refractivity contribution in [2.75, 3.05) is 5.32 Å². The number of amides is 1. The average Bonchev–Trinajstić information content (AvgIpc) is 2.86. The largest absolute Gasteiger partial charge is 0.435 e. The maximum atomic E-state index is 13.1. The Kier molecular flexibility index (Phi) is 6.58. The normalized spacial score (nSPS) is 11.5. The van der Waals surface area contributed by atoms with Crippen LogP contribution in [-0.2, 0) is 11.3 Å². The van der Waals surface area contributed by atoms with Crippen molar-refractivity contribution in [1.82, 2.24) is 9.78 Å². The third kappa shape index (κ3) is 5.06. The molecule has 0 spiro atoms. The Labute approximate surface area is 153 Å². The number of hydrogen-bond acceptors (Lipinski definition) is 3. The molecule has 5 nitrogen and oxygen atoms in total. The molecule has 0 bridgehead atoms. The van der Waals surface area contributed by atoms with E-state index in [9.17, 15) is 31.1 Å². The van der Waals surface area contributed by atoms with Gasteiger partial charge in [0.25, 0.3) is 12.9 Å². The van der Waals surface area contributed by atoms with Gasteiger partial charge in [0.15, 0.2) is 0 Å². The van der Waals surface area contributed by atoms with Gasteiger partial charge in [0.2, 0.25) is 5.91 Å². The number of anilines is 1. The molecule has 0 radical (unpaired) electrons. The molecule has 0 fully saturated rings. The molecule has 0 aliphatic rings. The van der Waals surface area contributed by atoms with E-state index in [0.29, 0.717) is 10.2 Å². The fourth-order valence-electron chi connectivity index (χ4n) is 2.22. The van der Waals surface area contributed by atoms with Gasteiger partial charge in [-0.1, -0.05) is 11.6 Å². The summed E-state index contributed by atoms with van der Waals surface area (Å²) < 4.78 is 80.6. The van der Waals surface area contributed by atoms with Crippen molar-refractivity contribution in [2.45, 2.75) is 32.9 Å². The van der Waals surface area contributed by atoms with Crippen LogP contribution in [0.4, 0.5) is 32.0 Å². The molecular weight excluding hydrogens is 404 g/mol. The highest BCUT2D eigenvalue weighted by Crippen LogP contribution is 2.34. The van der Waals surface area contributed by atoms with Crippen LogP contribution in [-0.4, -0.2) is 22.3 Å². The summed E-state index contributed by atoms with van der Waals surface area (Å²) in [6.45, 7) is -2.34. The lowest BCUT2D eigenvalue weighted by molar-refractivity contribution is -0.117. The third-order valence-corrected chi connectivity index (χ3v) is 3.75. The molecule has 27 heavy (non-hydrogen) atoms. The molecule has 0 unspecified atom stereocenters. The molecule has 1 N–H and O–H groups in total. The standard InChI is InChI=1S/C15H12ClF6N3O2/c1-6-4-7(27-15(21)22)2-3-8(6)23-9(26)5-25-12(14(19)20)10(16)11(24-25)13(17)18/h2-4,13-15H,5H2,1H3,(H,23,26). The molecule has 0 saturated carbocycles. The van der Waals surface area contributed by atoms with Gasteiger partial charge < -0.3 is 10.1 Å². The van der Waals surface area contributed by atoms with Crippen molar-refractivity contribution in [1.29, 1.82) is 0 Å². The fraction of sp³-hybridized carbons (Fsp3) is 0.333. The summed E-state index contributed by atoms with van der Waals surface area (Å²) >= 11 is 5.50. The molecular formula is C15H12ClF6N3O2. The predicted octanol–water partition coefficient (Wildman–Crippen LogP) is 4.96. The first-order valence-corrected chi connectivity index (χ1v) is 7.65. The van der Waals surface area contributed by atoms with Crippen molar-refractivity contribution in [3.63, 3.8) is 0 Å². The van der Waals surface area contributed by atoms with E-state index in [4.69, 9.17) is 11.6 Å². The zero-order chi connectivity index (χ0) is 20.3. The Morgan fingerprint density at radius 3 is 2.41 bits per heavy atom. The Morgan fingerprint density at radius 2 is 1.89 bits per heavy atom. The lowest BCUT2D eigenvalue weighted by atomic mass is 10.2. The number of ether oxygens (including phenoxy) is 1. The second-order valence-electron chi connectivity index (χ2n) is 5.25. The highest BCUT2D eigenvalue weighted by atomic mass is 35.5. The second kappa shape index (κ2) is 8.51. The molecule has 1 aromatic heterocycles. The number of hydrogen-bond donors (Lipinski definition) is 1. The maximum absolute atomic E-state index is 13.1. The minimum atomic E-state index is -3.22. The molecule has 1 aromatic carbocycles. The van der Waals surface area contributed by atoms with E-state index < -0.39 is 48.3 Å². The van der Waals surface area contributed by atoms with E-state index in [0.717, 1.165) is 0 Å². The van der Waals surface area contributed by atoms with Crippen molar-refractivity contribution in [2.24, 2.45) is 0 Å². The van der Waals surface area contributed by atoms with E-state index in [-0.39, 0.29) is 11.4 Å². The van der Waals surface area contributed by atoms with Crippen LogP contribution in [0.5, 0.6) is 5.75 Å². The van der Waals surface area contributed by atoms with Crippen LogP contribution in [0, 0.1) is 6.92 Å². The first-order chi connectivity index (χ1) is 12.6. The fourth-order valence-corrected chi connectivity index (χ4v) is 2.52. The Hall–Kier alpha value is -2.43. The first kappa shape index (κ1) is 20.9. The Balaban J connectivity index is 2.18. The van der Waals surface area contributed by atoms with Crippen LogP contribution in [0.1, 0.15) is 29.8 Å². The highest BCUT2D eigenvalue weighted by molar-refractivity contribution is 6.32. The molecule has 2 rings (SSSR count). The number of aryl methyl sites for hydroxylation is 1. The lowest BCUT2D eigenvalue weighted by Gasteiger charge is -2.12. The summed E-state index contributed by atoms with van der Waals surface area (Å²) in [4.78, 5) is 12.1. The van der Waals surface area contributed by atoms with Gasteiger partial charge >= 0.3 is 6.61 Å². The number of carbonyl (C=O) groups is 1. The predicted molar refractivity (Wildman–Crippen MR) is 83.6 cm³/mol. The van der Waals surface area contributed by atoms with Crippen LogP contribution < -0.4 is 10.1 Å². The van der Waals surface area contributed by atoms with E-state index in [1.807, 2.05) is 0 Å². The number of rotatable bonds is 7. The van der Waals surface area contributed by atoms with Crippen LogP contribution in [0.2, 0.25) is 5.02 Å². The molecule has 2 aromatic rings. The van der Waals surface area contributed by atoms with Gasteiger partial charge in [-0.25, -0.2) is 17.6 Å². The molecule has 12 heteroatoms. The van der Waals surface area contributed by atoms with Gasteiger partial charge in [-0.2, -0.15) is 13.9 Å². The van der Waals surface area contributed by atoms with Gasteiger partial charge in [-0.15, -0.1) is 0 Å². The minimum absolute atomic E-state index is 0.138. The summed E-state index contributed by atoms with van der Waals surface area (Å²) in [6, 6.07) is 3.66. The van der Waals surface area contributed by atoms with Crippen molar-refractivity contribution in [3.05, 3.63) is 40.2 Å². The number of nitrogens with one attached hydrogen (secondary N) is 1. The van der Waals surface area contributed by atoms with Gasteiger partial charge in [0.05, 0.1) is 5.02 Å². The molecule has 1 heterocycles. The van der Waals surface area contributed by atoms with Gasteiger partial charge in [0.1, 0.15) is 23.7 Å². The van der Waals surface area contributed by atoms with Gasteiger partial charge in [0, 0.05) is 5.69 Å². The molecule has 148 valence electrons. The van der Waals surface area contributed by atoms with E-state index in [2.05, 4.69) is 15.2 Å². The number of halogens is 7. The maximum Gasteiger partial charge on any atom is 0.387 e. The van der Waals surface area contributed by atoms with Crippen molar-refractivity contribution in [3.8, 4) is 5.75 Å². The van der Waals surface area contributed by atoms with E-state index in [1.54, 1.807) is 0 Å². The molecule has 0 saturated heterocycles. The summed E-state index contributed by atoms with van der Waals surface area (Å²) in [6.07, 6.45) is -6.42. The van der Waals surface area contributed by atoms with Crippen LogP contribution in [0.25, 0.3) is 0 Å².